The summed E-state index contributed by atoms with van der Waals surface area (Å²) in [7, 11) is 0. The number of aliphatic hydroxyl groups excluding tert-OH is 1. The van der Waals surface area contributed by atoms with E-state index in [1.54, 1.807) is 24.3 Å². The first-order valence-electron chi connectivity index (χ1n) is 11.1. The topological polar surface area (TPSA) is 66.8 Å². The van der Waals surface area contributed by atoms with Gasteiger partial charge in [-0.2, -0.15) is 0 Å². The molecule has 1 N–H and O–H groups in total. The summed E-state index contributed by atoms with van der Waals surface area (Å²) >= 11 is 0. The van der Waals surface area contributed by atoms with Crippen LogP contribution < -0.4 is 9.64 Å². The number of anilines is 1. The van der Waals surface area contributed by atoms with Crippen LogP contribution in [0.5, 0.6) is 5.75 Å². The molecule has 3 aromatic rings. The van der Waals surface area contributed by atoms with E-state index in [9.17, 15) is 19.1 Å². The molecule has 174 valence electrons. The Balaban J connectivity index is 1.89. The number of hydrogen-bond donors (Lipinski definition) is 1. The number of rotatable bonds is 6. The Morgan fingerprint density at radius 1 is 1.03 bits per heavy atom. The molecule has 0 aliphatic carbocycles. The largest absolute Gasteiger partial charge is 0.507 e. The van der Waals surface area contributed by atoms with Gasteiger partial charge in [-0.3, -0.25) is 14.5 Å². The van der Waals surface area contributed by atoms with Gasteiger partial charge in [0.2, 0.25) is 0 Å². The molecule has 4 rings (SSSR count). The molecule has 0 aromatic heterocycles. The average Bonchev–Trinajstić information content (AvgIpc) is 3.08. The van der Waals surface area contributed by atoms with Gasteiger partial charge in [0.05, 0.1) is 18.2 Å². The molecule has 1 aliphatic heterocycles. The highest BCUT2D eigenvalue weighted by Gasteiger charge is 2.47. The van der Waals surface area contributed by atoms with Crippen molar-refractivity contribution in [2.45, 2.75) is 26.8 Å². The smallest absolute Gasteiger partial charge is 0.300 e. The predicted molar refractivity (Wildman–Crippen MR) is 129 cm³/mol. The van der Waals surface area contributed by atoms with Crippen molar-refractivity contribution in [2.75, 3.05) is 11.5 Å². The van der Waals surface area contributed by atoms with Crippen LogP contribution in [-0.2, 0) is 9.59 Å². The number of amides is 1. The lowest BCUT2D eigenvalue weighted by Crippen LogP contribution is -2.29. The first kappa shape index (κ1) is 23.2. The van der Waals surface area contributed by atoms with Crippen LogP contribution in [-0.4, -0.2) is 23.4 Å². The number of aliphatic hydroxyl groups is 1. The van der Waals surface area contributed by atoms with Gasteiger partial charge in [-0.15, -0.1) is 0 Å². The van der Waals surface area contributed by atoms with Crippen LogP contribution in [0.15, 0.2) is 78.4 Å². The van der Waals surface area contributed by atoms with E-state index in [1.807, 2.05) is 45.0 Å². The van der Waals surface area contributed by atoms with Gasteiger partial charge in [0.1, 0.15) is 17.3 Å². The van der Waals surface area contributed by atoms with Crippen molar-refractivity contribution in [2.24, 2.45) is 5.92 Å². The summed E-state index contributed by atoms with van der Waals surface area (Å²) in [6, 6.07) is 18.7. The molecule has 1 fully saturated rings. The fourth-order valence-electron chi connectivity index (χ4n) is 3.99. The van der Waals surface area contributed by atoms with Gasteiger partial charge in [0, 0.05) is 11.3 Å². The summed E-state index contributed by atoms with van der Waals surface area (Å²) in [6.07, 6.45) is 0. The molecule has 1 saturated heterocycles. The molecule has 1 atom stereocenters. The highest BCUT2D eigenvalue weighted by atomic mass is 19.1. The van der Waals surface area contributed by atoms with E-state index in [4.69, 9.17) is 4.74 Å². The number of halogens is 1. The number of carbonyl (C=O) groups is 2. The number of aryl methyl sites for hydroxylation is 1. The lowest BCUT2D eigenvalue weighted by atomic mass is 9.95. The Labute approximate surface area is 198 Å². The minimum atomic E-state index is -0.880. The van der Waals surface area contributed by atoms with E-state index in [-0.39, 0.29) is 16.9 Å². The molecular formula is C28H26FNO4. The summed E-state index contributed by atoms with van der Waals surface area (Å²) in [5, 5.41) is 11.1. The molecule has 5 nitrogen and oxygen atoms in total. The zero-order valence-electron chi connectivity index (χ0n) is 19.3. The Bertz CT molecular complexity index is 1260. The van der Waals surface area contributed by atoms with Crippen molar-refractivity contribution in [3.63, 3.8) is 0 Å². The zero-order valence-corrected chi connectivity index (χ0v) is 19.3. The third kappa shape index (κ3) is 4.57. The predicted octanol–water partition coefficient (Wildman–Crippen LogP) is 5.80. The average molecular weight is 460 g/mol. The van der Waals surface area contributed by atoms with E-state index < -0.39 is 23.5 Å². The zero-order chi connectivity index (χ0) is 24.4. The maximum atomic E-state index is 13.5. The van der Waals surface area contributed by atoms with E-state index >= 15 is 0 Å². The molecule has 1 heterocycles. The van der Waals surface area contributed by atoms with Crippen LogP contribution in [0, 0.1) is 18.7 Å². The number of ether oxygens (including phenoxy) is 1. The summed E-state index contributed by atoms with van der Waals surface area (Å²) in [6.45, 7) is 6.49. The molecule has 0 bridgehead atoms. The fourth-order valence-corrected chi connectivity index (χ4v) is 3.99. The second kappa shape index (κ2) is 9.51. The quantitative estimate of drug-likeness (QED) is 0.288. The van der Waals surface area contributed by atoms with Crippen molar-refractivity contribution in [1.82, 2.24) is 0 Å². The molecule has 0 saturated carbocycles. The second-order valence-electron chi connectivity index (χ2n) is 8.79. The Kier molecular flexibility index (Phi) is 6.50. The molecule has 1 aliphatic rings. The summed E-state index contributed by atoms with van der Waals surface area (Å²) < 4.78 is 19.3. The van der Waals surface area contributed by atoms with E-state index in [2.05, 4.69) is 0 Å². The minimum Gasteiger partial charge on any atom is -0.507 e. The molecule has 0 radical (unpaired) electrons. The molecular weight excluding hydrogens is 433 g/mol. The molecule has 0 spiro atoms. The van der Waals surface area contributed by atoms with E-state index in [0.717, 1.165) is 5.56 Å². The first-order chi connectivity index (χ1) is 16.3. The highest BCUT2D eigenvalue weighted by Crippen LogP contribution is 2.43. The lowest BCUT2D eigenvalue weighted by molar-refractivity contribution is -0.132. The van der Waals surface area contributed by atoms with Crippen molar-refractivity contribution in [1.29, 1.82) is 0 Å². The third-order valence-electron chi connectivity index (χ3n) is 5.60. The molecule has 3 aromatic carbocycles. The number of nitrogens with zero attached hydrogens (tertiary/aromatic N) is 1. The van der Waals surface area contributed by atoms with Gasteiger partial charge >= 0.3 is 0 Å². The van der Waals surface area contributed by atoms with Crippen LogP contribution in [0.4, 0.5) is 10.1 Å². The first-order valence-corrected chi connectivity index (χ1v) is 11.1. The van der Waals surface area contributed by atoms with Crippen molar-refractivity contribution in [3.8, 4) is 5.75 Å². The molecule has 34 heavy (non-hydrogen) atoms. The maximum Gasteiger partial charge on any atom is 0.300 e. The van der Waals surface area contributed by atoms with Gasteiger partial charge < -0.3 is 9.84 Å². The van der Waals surface area contributed by atoms with Gasteiger partial charge in [-0.05, 0) is 72.5 Å². The van der Waals surface area contributed by atoms with Crippen LogP contribution in [0.2, 0.25) is 0 Å². The second-order valence-corrected chi connectivity index (χ2v) is 8.79. The Morgan fingerprint density at radius 2 is 1.74 bits per heavy atom. The van der Waals surface area contributed by atoms with E-state index in [0.29, 0.717) is 29.5 Å². The lowest BCUT2D eigenvalue weighted by Gasteiger charge is -2.26. The van der Waals surface area contributed by atoms with Crippen molar-refractivity contribution in [3.05, 3.63) is 101 Å². The van der Waals surface area contributed by atoms with Crippen LogP contribution in [0.1, 0.15) is 36.6 Å². The monoisotopic (exact) mass is 459 g/mol. The summed E-state index contributed by atoms with van der Waals surface area (Å²) in [5.41, 5.74) is 2.27. The molecule has 1 amide bonds. The number of carbonyl (C=O) groups excluding carboxylic acids is 2. The number of Topliss-reactive ketones (excluding diaryl/α,β-unsaturated/α-hetero) is 1. The van der Waals surface area contributed by atoms with Crippen LogP contribution in [0.3, 0.4) is 0 Å². The van der Waals surface area contributed by atoms with Crippen LogP contribution in [0.25, 0.3) is 5.76 Å². The minimum absolute atomic E-state index is 0.0564. The third-order valence-corrected chi connectivity index (χ3v) is 5.60. The maximum absolute atomic E-state index is 13.5. The highest BCUT2D eigenvalue weighted by molar-refractivity contribution is 6.51. The fraction of sp³-hybridized carbons (Fsp3) is 0.214. The van der Waals surface area contributed by atoms with Crippen molar-refractivity contribution >= 4 is 23.1 Å². The number of ketones is 1. The van der Waals surface area contributed by atoms with E-state index in [1.165, 1.54) is 29.2 Å². The number of benzene rings is 3. The van der Waals surface area contributed by atoms with Crippen molar-refractivity contribution < 1.29 is 23.8 Å². The Morgan fingerprint density at radius 3 is 2.41 bits per heavy atom. The normalized spacial score (nSPS) is 17.4. The van der Waals surface area contributed by atoms with Gasteiger partial charge in [0.25, 0.3) is 11.7 Å². The van der Waals surface area contributed by atoms with Gasteiger partial charge in [0.15, 0.2) is 0 Å². The van der Waals surface area contributed by atoms with Gasteiger partial charge in [-0.1, -0.05) is 38.1 Å². The van der Waals surface area contributed by atoms with Crippen LogP contribution >= 0.6 is 0 Å². The Hall–Kier alpha value is -3.93. The number of hydrogen-bond acceptors (Lipinski definition) is 4. The molecule has 6 heteroatoms. The SMILES string of the molecule is Cc1cccc(N2C(=O)C(=O)/C(=C(/O)c3ccc(F)cc3)C2c2cccc(OCC(C)C)c2)c1. The van der Waals surface area contributed by atoms with Gasteiger partial charge in [-0.25, -0.2) is 4.39 Å². The molecule has 1 unspecified atom stereocenters. The summed E-state index contributed by atoms with van der Waals surface area (Å²) in [4.78, 5) is 27.9. The standard InChI is InChI=1S/C28H26FNO4/c1-17(2)16-34-23-9-5-7-20(15-23)25-24(26(31)19-10-12-21(29)13-11-19)27(32)28(33)30(25)22-8-4-6-18(3)14-22/h4-15,17,25,31H,16H2,1-3H3/b26-24+. The summed E-state index contributed by atoms with van der Waals surface area (Å²) in [5.74, 6) is -1.45.